The average molecular weight is 375 g/mol. The van der Waals surface area contributed by atoms with Crippen LogP contribution in [0, 0.1) is 11.3 Å². The molecule has 132 valence electrons. The van der Waals surface area contributed by atoms with Crippen LogP contribution in [0.2, 0.25) is 0 Å². The van der Waals surface area contributed by atoms with E-state index in [1.807, 2.05) is 36.4 Å². The van der Waals surface area contributed by atoms with Crippen LogP contribution in [0.15, 0.2) is 53.7 Å². The number of thioether (sulfide) groups is 1. The first kappa shape index (κ1) is 17.8. The predicted octanol–water partition coefficient (Wildman–Crippen LogP) is 3.84. The third kappa shape index (κ3) is 3.65. The van der Waals surface area contributed by atoms with E-state index >= 15 is 0 Å². The van der Waals surface area contributed by atoms with Crippen molar-refractivity contribution in [2.75, 3.05) is 5.84 Å². The second kappa shape index (κ2) is 7.09. The molecule has 0 amide bonds. The molecular formula is C17H12F3N5S. The van der Waals surface area contributed by atoms with E-state index in [9.17, 15) is 13.2 Å². The molecule has 0 unspecified atom stereocenters. The molecule has 2 N–H and O–H groups in total. The topological polar surface area (TPSA) is 80.5 Å². The zero-order valence-corrected chi connectivity index (χ0v) is 14.1. The van der Waals surface area contributed by atoms with Gasteiger partial charge in [-0.2, -0.15) is 18.4 Å². The number of aromatic nitrogens is 3. The Morgan fingerprint density at radius 1 is 1.08 bits per heavy atom. The lowest BCUT2D eigenvalue weighted by atomic mass is 10.00. The molecule has 0 aliphatic rings. The minimum atomic E-state index is -4.64. The Hall–Kier alpha value is -2.99. The van der Waals surface area contributed by atoms with Crippen LogP contribution in [-0.4, -0.2) is 14.9 Å². The van der Waals surface area contributed by atoms with Gasteiger partial charge in [0.05, 0.1) is 11.6 Å². The van der Waals surface area contributed by atoms with Crippen LogP contribution < -0.4 is 5.84 Å². The van der Waals surface area contributed by atoms with Crippen LogP contribution >= 0.6 is 11.8 Å². The van der Waals surface area contributed by atoms with Gasteiger partial charge in [0.25, 0.3) is 5.82 Å². The lowest BCUT2D eigenvalue weighted by Crippen LogP contribution is -2.21. The number of alkyl halides is 3. The summed E-state index contributed by atoms with van der Waals surface area (Å²) < 4.78 is 38.4. The number of halogens is 3. The molecule has 0 radical (unpaired) electrons. The maximum atomic E-state index is 12.7. The Kier molecular flexibility index (Phi) is 4.86. The molecule has 0 saturated heterocycles. The Balaban J connectivity index is 1.73. The zero-order chi connectivity index (χ0) is 18.7. The molecule has 1 aromatic heterocycles. The molecular weight excluding hydrogens is 363 g/mol. The summed E-state index contributed by atoms with van der Waals surface area (Å²) in [5.41, 5.74) is 3.17. The summed E-state index contributed by atoms with van der Waals surface area (Å²) in [4.78, 5) is 0. The first-order valence-electron chi connectivity index (χ1n) is 7.39. The van der Waals surface area contributed by atoms with E-state index in [2.05, 4.69) is 16.3 Å². The average Bonchev–Trinajstić information content (AvgIpc) is 3.01. The van der Waals surface area contributed by atoms with Crippen molar-refractivity contribution in [1.82, 2.24) is 14.9 Å². The standard InChI is InChI=1S/C17H12F3N5S/c18-17(19,20)15-23-24-16(25(15)22)26-10-11-5-7-12(8-6-11)14-4-2-1-3-13(14)9-21/h1-8H,10,22H2. The van der Waals surface area contributed by atoms with Gasteiger partial charge in [-0.3, -0.25) is 0 Å². The lowest BCUT2D eigenvalue weighted by Gasteiger charge is -2.07. The first-order chi connectivity index (χ1) is 12.4. The van der Waals surface area contributed by atoms with Crippen molar-refractivity contribution < 1.29 is 13.2 Å². The molecule has 1 heterocycles. The number of nitriles is 1. The molecule has 0 atom stereocenters. The number of nitrogens with two attached hydrogens (primary N) is 1. The summed E-state index contributed by atoms with van der Waals surface area (Å²) in [5.74, 6) is 4.56. The fourth-order valence-electron chi connectivity index (χ4n) is 2.33. The van der Waals surface area contributed by atoms with E-state index in [1.54, 1.807) is 12.1 Å². The highest BCUT2D eigenvalue weighted by atomic mass is 32.2. The summed E-state index contributed by atoms with van der Waals surface area (Å²) in [6.45, 7) is 0. The molecule has 0 bridgehead atoms. The number of benzene rings is 2. The fraction of sp³-hybridized carbons (Fsp3) is 0.118. The molecule has 0 aliphatic heterocycles. The van der Waals surface area contributed by atoms with E-state index < -0.39 is 12.0 Å². The first-order valence-corrected chi connectivity index (χ1v) is 8.37. The smallest absolute Gasteiger partial charge is 0.335 e. The highest BCUT2D eigenvalue weighted by molar-refractivity contribution is 7.98. The molecule has 9 heteroatoms. The highest BCUT2D eigenvalue weighted by Gasteiger charge is 2.38. The Bertz CT molecular complexity index is 958. The van der Waals surface area contributed by atoms with Crippen molar-refractivity contribution in [2.45, 2.75) is 17.1 Å². The SMILES string of the molecule is N#Cc1ccccc1-c1ccc(CSc2nnc(C(F)(F)F)n2N)cc1. The third-order valence-electron chi connectivity index (χ3n) is 3.60. The molecule has 3 aromatic rings. The van der Waals surface area contributed by atoms with Gasteiger partial charge in [0, 0.05) is 5.75 Å². The van der Waals surface area contributed by atoms with Gasteiger partial charge in [0.15, 0.2) is 0 Å². The second-order valence-electron chi connectivity index (χ2n) is 5.32. The van der Waals surface area contributed by atoms with Gasteiger partial charge in [-0.1, -0.05) is 54.2 Å². The molecule has 0 saturated carbocycles. The summed E-state index contributed by atoms with van der Waals surface area (Å²) in [6, 6.07) is 16.8. The van der Waals surface area contributed by atoms with Crippen molar-refractivity contribution in [3.63, 3.8) is 0 Å². The normalized spacial score (nSPS) is 11.3. The van der Waals surface area contributed by atoms with E-state index in [-0.39, 0.29) is 5.16 Å². The summed E-state index contributed by atoms with van der Waals surface area (Å²) in [7, 11) is 0. The molecule has 3 rings (SSSR count). The largest absolute Gasteiger partial charge is 0.453 e. The van der Waals surface area contributed by atoms with Crippen LogP contribution in [0.4, 0.5) is 13.2 Å². The number of hydrogen-bond acceptors (Lipinski definition) is 5. The van der Waals surface area contributed by atoms with Gasteiger partial charge >= 0.3 is 6.18 Å². The van der Waals surface area contributed by atoms with E-state index in [1.165, 1.54) is 0 Å². The minimum absolute atomic E-state index is 0.0174. The van der Waals surface area contributed by atoms with Gasteiger partial charge in [0.1, 0.15) is 0 Å². The van der Waals surface area contributed by atoms with Gasteiger partial charge in [-0.25, -0.2) is 4.68 Å². The van der Waals surface area contributed by atoms with Crippen LogP contribution in [0.25, 0.3) is 11.1 Å². The second-order valence-corrected chi connectivity index (χ2v) is 6.26. The number of nitrogens with zero attached hydrogens (tertiary/aromatic N) is 4. The van der Waals surface area contributed by atoms with Crippen molar-refractivity contribution in [3.8, 4) is 17.2 Å². The van der Waals surface area contributed by atoms with Crippen molar-refractivity contribution >= 4 is 11.8 Å². The quantitative estimate of drug-likeness (QED) is 0.554. The van der Waals surface area contributed by atoms with Crippen LogP contribution in [0.5, 0.6) is 0 Å². The maximum absolute atomic E-state index is 12.7. The number of nitrogen functional groups attached to an aromatic ring is 1. The van der Waals surface area contributed by atoms with Crippen molar-refractivity contribution in [1.29, 1.82) is 5.26 Å². The van der Waals surface area contributed by atoms with Crippen LogP contribution in [0.1, 0.15) is 17.0 Å². The number of hydrogen-bond donors (Lipinski definition) is 1. The Morgan fingerprint density at radius 2 is 1.77 bits per heavy atom. The molecule has 0 fully saturated rings. The summed E-state index contributed by atoms with van der Waals surface area (Å²) in [6.07, 6.45) is -4.64. The maximum Gasteiger partial charge on any atom is 0.453 e. The summed E-state index contributed by atoms with van der Waals surface area (Å²) in [5, 5.41) is 15.7. The minimum Gasteiger partial charge on any atom is -0.335 e. The van der Waals surface area contributed by atoms with E-state index in [0.29, 0.717) is 16.0 Å². The lowest BCUT2D eigenvalue weighted by molar-refractivity contribution is -0.146. The summed E-state index contributed by atoms with van der Waals surface area (Å²) >= 11 is 1.06. The number of rotatable bonds is 4. The molecule has 0 aliphatic carbocycles. The third-order valence-corrected chi connectivity index (χ3v) is 4.61. The van der Waals surface area contributed by atoms with Crippen molar-refractivity contribution in [3.05, 3.63) is 65.5 Å². The monoisotopic (exact) mass is 375 g/mol. The zero-order valence-electron chi connectivity index (χ0n) is 13.2. The van der Waals surface area contributed by atoms with Gasteiger partial charge < -0.3 is 5.84 Å². The Morgan fingerprint density at radius 3 is 2.38 bits per heavy atom. The molecule has 5 nitrogen and oxygen atoms in total. The highest BCUT2D eigenvalue weighted by Crippen LogP contribution is 2.30. The molecule has 2 aromatic carbocycles. The molecule has 26 heavy (non-hydrogen) atoms. The predicted molar refractivity (Wildman–Crippen MR) is 91.3 cm³/mol. The van der Waals surface area contributed by atoms with Gasteiger partial charge in [0.2, 0.25) is 5.16 Å². The van der Waals surface area contributed by atoms with Crippen molar-refractivity contribution in [2.24, 2.45) is 0 Å². The van der Waals surface area contributed by atoms with E-state index in [0.717, 1.165) is 28.5 Å². The Labute approximate surface area is 151 Å². The van der Waals surface area contributed by atoms with E-state index in [4.69, 9.17) is 11.1 Å². The van der Waals surface area contributed by atoms with Crippen LogP contribution in [-0.2, 0) is 11.9 Å². The van der Waals surface area contributed by atoms with Crippen LogP contribution in [0.3, 0.4) is 0 Å². The van der Waals surface area contributed by atoms with Gasteiger partial charge in [-0.15, -0.1) is 10.2 Å². The molecule has 0 spiro atoms. The fourth-order valence-corrected chi connectivity index (χ4v) is 3.14. The van der Waals surface area contributed by atoms with Gasteiger partial charge in [-0.05, 0) is 22.8 Å².